The SMILES string of the molecule is Cc1nc(C)c(CS(=O)CC(=O)NCCC2CCCCC2)s1. The van der Waals surface area contributed by atoms with Gasteiger partial charge in [-0.15, -0.1) is 11.3 Å². The number of rotatable bonds is 7. The average molecular weight is 343 g/mol. The quantitative estimate of drug-likeness (QED) is 0.828. The molecule has 124 valence electrons. The lowest BCUT2D eigenvalue weighted by atomic mass is 9.87. The molecule has 4 nitrogen and oxygen atoms in total. The first-order valence-electron chi connectivity index (χ1n) is 8.09. The molecule has 0 saturated heterocycles. The highest BCUT2D eigenvalue weighted by Crippen LogP contribution is 2.25. The number of hydrogen-bond donors (Lipinski definition) is 1. The maximum atomic E-state index is 12.1. The standard InChI is InChI=1S/C16H26N2O2S2/c1-12-15(21-13(2)18-12)10-22(20)11-16(19)17-9-8-14-6-4-3-5-7-14/h14H,3-11H2,1-2H3,(H,17,19). The van der Waals surface area contributed by atoms with Crippen molar-refractivity contribution in [1.29, 1.82) is 0 Å². The topological polar surface area (TPSA) is 59.1 Å². The normalized spacial score (nSPS) is 17.4. The third-order valence-corrected chi connectivity index (χ3v) is 6.63. The first-order valence-corrected chi connectivity index (χ1v) is 10.4. The van der Waals surface area contributed by atoms with Crippen molar-refractivity contribution in [3.63, 3.8) is 0 Å². The lowest BCUT2D eigenvalue weighted by Gasteiger charge is -2.21. The van der Waals surface area contributed by atoms with E-state index in [4.69, 9.17) is 0 Å². The molecular formula is C16H26N2O2S2. The maximum Gasteiger partial charge on any atom is 0.232 e. The summed E-state index contributed by atoms with van der Waals surface area (Å²) in [5, 5.41) is 3.91. The van der Waals surface area contributed by atoms with Crippen molar-refractivity contribution in [2.75, 3.05) is 12.3 Å². The molecule has 1 unspecified atom stereocenters. The van der Waals surface area contributed by atoms with Crippen LogP contribution in [0.5, 0.6) is 0 Å². The Hall–Kier alpha value is -0.750. The Morgan fingerprint density at radius 3 is 2.68 bits per heavy atom. The van der Waals surface area contributed by atoms with E-state index in [9.17, 15) is 9.00 Å². The molecule has 1 aliphatic rings. The van der Waals surface area contributed by atoms with Crippen LogP contribution in [0.4, 0.5) is 0 Å². The predicted octanol–water partition coefficient (Wildman–Crippen LogP) is 3.10. The van der Waals surface area contributed by atoms with E-state index in [0.29, 0.717) is 5.75 Å². The van der Waals surface area contributed by atoms with Crippen LogP contribution in [0.25, 0.3) is 0 Å². The molecule has 1 fully saturated rings. The van der Waals surface area contributed by atoms with Gasteiger partial charge in [-0.05, 0) is 26.2 Å². The summed E-state index contributed by atoms with van der Waals surface area (Å²) >= 11 is 1.57. The third-order valence-electron chi connectivity index (χ3n) is 4.18. The lowest BCUT2D eigenvalue weighted by molar-refractivity contribution is -0.118. The van der Waals surface area contributed by atoms with Gasteiger partial charge in [0, 0.05) is 22.2 Å². The van der Waals surface area contributed by atoms with E-state index in [-0.39, 0.29) is 11.7 Å². The van der Waals surface area contributed by atoms with Crippen molar-refractivity contribution in [3.05, 3.63) is 15.6 Å². The van der Waals surface area contributed by atoms with Crippen LogP contribution in [0.2, 0.25) is 0 Å². The highest BCUT2D eigenvalue weighted by atomic mass is 32.2. The van der Waals surface area contributed by atoms with E-state index in [2.05, 4.69) is 10.3 Å². The Balaban J connectivity index is 1.65. The van der Waals surface area contributed by atoms with E-state index < -0.39 is 10.8 Å². The number of carbonyl (C=O) groups excluding carboxylic acids is 1. The van der Waals surface area contributed by atoms with Crippen molar-refractivity contribution in [2.24, 2.45) is 5.92 Å². The smallest absolute Gasteiger partial charge is 0.232 e. The van der Waals surface area contributed by atoms with Crippen molar-refractivity contribution in [1.82, 2.24) is 10.3 Å². The number of thiazole rings is 1. The summed E-state index contributed by atoms with van der Waals surface area (Å²) in [5.41, 5.74) is 0.938. The molecule has 6 heteroatoms. The molecule has 1 aromatic heterocycles. The van der Waals surface area contributed by atoms with Gasteiger partial charge in [0.1, 0.15) is 5.75 Å². The first-order chi connectivity index (χ1) is 10.5. The van der Waals surface area contributed by atoms with Gasteiger partial charge in [0.05, 0.1) is 16.5 Å². The molecule has 1 atom stereocenters. The number of hydrogen-bond acceptors (Lipinski definition) is 4. The summed E-state index contributed by atoms with van der Waals surface area (Å²) in [6.07, 6.45) is 7.67. The minimum atomic E-state index is -1.15. The van der Waals surface area contributed by atoms with E-state index in [0.717, 1.165) is 34.5 Å². The van der Waals surface area contributed by atoms with Crippen LogP contribution in [-0.2, 0) is 21.3 Å². The molecule has 1 amide bonds. The molecular weight excluding hydrogens is 316 g/mol. The number of nitrogens with one attached hydrogen (secondary N) is 1. The molecule has 1 N–H and O–H groups in total. The van der Waals surface area contributed by atoms with Crippen LogP contribution < -0.4 is 5.32 Å². The molecule has 0 aliphatic heterocycles. The van der Waals surface area contributed by atoms with Crippen LogP contribution >= 0.6 is 11.3 Å². The summed E-state index contributed by atoms with van der Waals surface area (Å²) in [7, 11) is -1.15. The van der Waals surface area contributed by atoms with Gasteiger partial charge >= 0.3 is 0 Å². The van der Waals surface area contributed by atoms with E-state index in [1.54, 1.807) is 11.3 Å². The lowest BCUT2D eigenvalue weighted by Crippen LogP contribution is -2.30. The molecule has 0 spiro atoms. The van der Waals surface area contributed by atoms with Crippen LogP contribution in [0.1, 0.15) is 54.1 Å². The Kier molecular flexibility index (Phi) is 7.02. The zero-order valence-electron chi connectivity index (χ0n) is 13.5. The van der Waals surface area contributed by atoms with Crippen molar-refractivity contribution >= 4 is 28.0 Å². The Bertz CT molecular complexity index is 522. The van der Waals surface area contributed by atoms with Crippen molar-refractivity contribution < 1.29 is 9.00 Å². The van der Waals surface area contributed by atoms with E-state index in [1.807, 2.05) is 13.8 Å². The summed E-state index contributed by atoms with van der Waals surface area (Å²) in [5.74, 6) is 1.21. The average Bonchev–Trinajstić information content (AvgIpc) is 2.77. The van der Waals surface area contributed by atoms with Crippen molar-refractivity contribution in [3.8, 4) is 0 Å². The third kappa shape index (κ3) is 5.80. The van der Waals surface area contributed by atoms with Gasteiger partial charge in [-0.25, -0.2) is 4.98 Å². The van der Waals surface area contributed by atoms with Gasteiger partial charge < -0.3 is 5.32 Å². The molecule has 1 aromatic rings. The van der Waals surface area contributed by atoms with Gasteiger partial charge in [0.2, 0.25) is 5.91 Å². The summed E-state index contributed by atoms with van der Waals surface area (Å²) < 4.78 is 12.1. The minimum absolute atomic E-state index is 0.0898. The van der Waals surface area contributed by atoms with Crippen molar-refractivity contribution in [2.45, 2.75) is 58.1 Å². The Morgan fingerprint density at radius 1 is 1.32 bits per heavy atom. The Labute approximate surface area is 139 Å². The fraction of sp³-hybridized carbons (Fsp3) is 0.750. The number of aromatic nitrogens is 1. The van der Waals surface area contributed by atoms with Gasteiger partial charge in [-0.1, -0.05) is 32.1 Å². The number of nitrogens with zero attached hydrogens (tertiary/aromatic N) is 1. The zero-order valence-corrected chi connectivity index (χ0v) is 15.2. The minimum Gasteiger partial charge on any atom is -0.355 e. The van der Waals surface area contributed by atoms with Gasteiger partial charge in [0.15, 0.2) is 0 Å². The largest absolute Gasteiger partial charge is 0.355 e. The fourth-order valence-corrected chi connectivity index (χ4v) is 5.35. The molecule has 0 aromatic carbocycles. The molecule has 0 bridgehead atoms. The van der Waals surface area contributed by atoms with Crippen LogP contribution in [0.3, 0.4) is 0 Å². The van der Waals surface area contributed by atoms with Crippen LogP contribution in [-0.4, -0.2) is 27.4 Å². The predicted molar refractivity (Wildman–Crippen MR) is 92.5 cm³/mol. The zero-order chi connectivity index (χ0) is 15.9. The second-order valence-electron chi connectivity index (χ2n) is 6.11. The molecule has 1 heterocycles. The Morgan fingerprint density at radius 2 is 2.05 bits per heavy atom. The number of aryl methyl sites for hydroxylation is 2. The van der Waals surface area contributed by atoms with Gasteiger partial charge in [-0.2, -0.15) is 0 Å². The molecule has 2 rings (SSSR count). The fourth-order valence-electron chi connectivity index (χ4n) is 2.99. The van der Waals surface area contributed by atoms with E-state index >= 15 is 0 Å². The highest BCUT2D eigenvalue weighted by molar-refractivity contribution is 7.85. The van der Waals surface area contributed by atoms with Crippen LogP contribution in [0.15, 0.2) is 0 Å². The summed E-state index contributed by atoms with van der Waals surface area (Å²) in [4.78, 5) is 17.2. The summed E-state index contributed by atoms with van der Waals surface area (Å²) in [6.45, 7) is 4.60. The van der Waals surface area contributed by atoms with E-state index in [1.165, 1.54) is 32.1 Å². The van der Waals surface area contributed by atoms with Crippen LogP contribution in [0, 0.1) is 19.8 Å². The molecule has 22 heavy (non-hydrogen) atoms. The second kappa shape index (κ2) is 8.77. The maximum absolute atomic E-state index is 12.1. The molecule has 1 saturated carbocycles. The van der Waals surface area contributed by atoms with Gasteiger partial charge in [0.25, 0.3) is 0 Å². The first kappa shape index (κ1) is 17.6. The second-order valence-corrected chi connectivity index (χ2v) is 8.86. The monoisotopic (exact) mass is 342 g/mol. The van der Waals surface area contributed by atoms with Gasteiger partial charge in [-0.3, -0.25) is 9.00 Å². The highest BCUT2D eigenvalue weighted by Gasteiger charge is 2.15. The molecule has 0 radical (unpaired) electrons. The number of carbonyl (C=O) groups is 1. The summed E-state index contributed by atoms with van der Waals surface area (Å²) in [6, 6.07) is 0. The number of amides is 1. The molecule has 1 aliphatic carbocycles.